The molecule has 1 heterocycles. The van der Waals surface area contributed by atoms with E-state index in [-0.39, 0.29) is 17.1 Å². The van der Waals surface area contributed by atoms with E-state index in [1.807, 2.05) is 33.2 Å². The van der Waals surface area contributed by atoms with Crippen LogP contribution >= 0.6 is 0 Å². The summed E-state index contributed by atoms with van der Waals surface area (Å²) >= 11 is 0. The number of anilines is 1. The Bertz CT molecular complexity index is 1160. The van der Waals surface area contributed by atoms with Gasteiger partial charge in [-0.25, -0.2) is 0 Å². The van der Waals surface area contributed by atoms with Gasteiger partial charge in [-0.1, -0.05) is 36.4 Å². The molecule has 0 radical (unpaired) electrons. The van der Waals surface area contributed by atoms with Crippen LogP contribution in [-0.2, 0) is 4.74 Å². The molecule has 4 nitrogen and oxygen atoms in total. The molecule has 0 atom stereocenters. The number of allylic oxidation sites excluding steroid dienone is 6. The quantitative estimate of drug-likeness (QED) is 0.523. The van der Waals surface area contributed by atoms with E-state index in [4.69, 9.17) is 4.74 Å². The Morgan fingerprint density at radius 2 is 1.53 bits per heavy atom. The minimum Gasteiger partial charge on any atom is -0.462 e. The third kappa shape index (κ3) is 3.52. The smallest absolute Gasteiger partial charge is 0.198 e. The van der Waals surface area contributed by atoms with Crippen molar-refractivity contribution in [1.29, 1.82) is 0 Å². The lowest BCUT2D eigenvalue weighted by Gasteiger charge is -2.15. The zero-order chi connectivity index (χ0) is 21.4. The maximum Gasteiger partial charge on any atom is 0.198 e. The molecule has 0 saturated carbocycles. The maximum atomic E-state index is 12.8. The van der Waals surface area contributed by atoms with Crippen LogP contribution in [0.1, 0.15) is 38.8 Å². The number of hydrogen-bond donors (Lipinski definition) is 0. The van der Waals surface area contributed by atoms with E-state index in [0.29, 0.717) is 28.2 Å². The summed E-state index contributed by atoms with van der Waals surface area (Å²) in [6, 6.07) is 13.2. The predicted octanol–water partition coefficient (Wildman–Crippen LogP) is 5.27. The van der Waals surface area contributed by atoms with E-state index >= 15 is 0 Å². The lowest BCUT2D eigenvalue weighted by atomic mass is 10.0. The summed E-state index contributed by atoms with van der Waals surface area (Å²) in [6.45, 7) is 3.88. The Morgan fingerprint density at radius 3 is 2.13 bits per heavy atom. The van der Waals surface area contributed by atoms with E-state index in [9.17, 15) is 9.59 Å². The lowest BCUT2D eigenvalue weighted by molar-refractivity contribution is 0.0988. The first kappa shape index (κ1) is 19.6. The molecule has 2 aromatic carbocycles. The molecule has 0 N–H and O–H groups in total. The van der Waals surface area contributed by atoms with Crippen molar-refractivity contribution in [3.63, 3.8) is 0 Å². The van der Waals surface area contributed by atoms with Crippen LogP contribution in [0.3, 0.4) is 0 Å². The van der Waals surface area contributed by atoms with Gasteiger partial charge in [0.05, 0.1) is 5.57 Å². The van der Waals surface area contributed by atoms with Crippen LogP contribution in [0.15, 0.2) is 83.4 Å². The Kier molecular flexibility index (Phi) is 5.00. The van der Waals surface area contributed by atoms with Crippen molar-refractivity contribution in [1.82, 2.24) is 0 Å². The molecule has 1 aliphatic carbocycles. The first-order valence-electron chi connectivity index (χ1n) is 9.82. The van der Waals surface area contributed by atoms with Gasteiger partial charge in [-0.2, -0.15) is 0 Å². The van der Waals surface area contributed by atoms with Gasteiger partial charge in [0, 0.05) is 30.9 Å². The number of benzene rings is 2. The summed E-state index contributed by atoms with van der Waals surface area (Å²) in [5.41, 5.74) is 5.08. The summed E-state index contributed by atoms with van der Waals surface area (Å²) < 4.78 is 5.82. The van der Waals surface area contributed by atoms with Crippen LogP contribution in [0, 0.1) is 6.92 Å². The fraction of sp³-hybridized carbons (Fsp3) is 0.154. The SMILES string of the molecule is CC1=CC(=C2C(=O)c3ccccc3C2=O)C=C(/C=C/c2ccc(N(C)C)cc2C)O1. The minimum atomic E-state index is -0.230. The van der Waals surface area contributed by atoms with Crippen LogP contribution in [0.4, 0.5) is 5.69 Å². The molecule has 0 aromatic heterocycles. The highest BCUT2D eigenvalue weighted by Crippen LogP contribution is 2.32. The number of nitrogens with zero attached hydrogens (tertiary/aromatic N) is 1. The van der Waals surface area contributed by atoms with Crippen LogP contribution in [0.25, 0.3) is 6.08 Å². The molecule has 30 heavy (non-hydrogen) atoms. The highest BCUT2D eigenvalue weighted by molar-refractivity contribution is 6.40. The van der Waals surface area contributed by atoms with Crippen LogP contribution < -0.4 is 4.90 Å². The van der Waals surface area contributed by atoms with Gasteiger partial charge in [-0.15, -0.1) is 0 Å². The van der Waals surface area contributed by atoms with Crippen molar-refractivity contribution in [2.45, 2.75) is 13.8 Å². The highest BCUT2D eigenvalue weighted by Gasteiger charge is 2.34. The fourth-order valence-electron chi connectivity index (χ4n) is 3.70. The second-order valence-electron chi connectivity index (χ2n) is 7.71. The van der Waals surface area contributed by atoms with Crippen molar-refractivity contribution in [3.8, 4) is 0 Å². The summed E-state index contributed by atoms with van der Waals surface area (Å²) in [6.07, 6.45) is 7.34. The zero-order valence-corrected chi connectivity index (χ0v) is 17.5. The molecule has 4 rings (SSSR count). The molecular formula is C26H23NO3. The Morgan fingerprint density at radius 1 is 0.867 bits per heavy atom. The zero-order valence-electron chi connectivity index (χ0n) is 17.5. The van der Waals surface area contributed by atoms with Crippen molar-refractivity contribution < 1.29 is 14.3 Å². The molecule has 0 fully saturated rings. The van der Waals surface area contributed by atoms with E-state index in [0.717, 1.165) is 16.8 Å². The highest BCUT2D eigenvalue weighted by atomic mass is 16.5. The van der Waals surface area contributed by atoms with Gasteiger partial charge in [0.15, 0.2) is 11.6 Å². The van der Waals surface area contributed by atoms with Gasteiger partial charge >= 0.3 is 0 Å². The monoisotopic (exact) mass is 397 g/mol. The van der Waals surface area contributed by atoms with Crippen molar-refractivity contribution in [2.24, 2.45) is 0 Å². The van der Waals surface area contributed by atoms with Crippen molar-refractivity contribution >= 4 is 23.3 Å². The first-order chi connectivity index (χ1) is 14.3. The van der Waals surface area contributed by atoms with Crippen LogP contribution in [0.5, 0.6) is 0 Å². The predicted molar refractivity (Wildman–Crippen MR) is 120 cm³/mol. The number of carbonyl (C=O) groups excluding carboxylic acids is 2. The molecule has 0 spiro atoms. The average molecular weight is 397 g/mol. The van der Waals surface area contributed by atoms with Gasteiger partial charge in [0.2, 0.25) is 0 Å². The number of hydrogen-bond acceptors (Lipinski definition) is 4. The molecule has 0 amide bonds. The fourth-order valence-corrected chi connectivity index (χ4v) is 3.70. The maximum absolute atomic E-state index is 12.8. The van der Waals surface area contributed by atoms with Crippen molar-refractivity contribution in [2.75, 3.05) is 19.0 Å². The Balaban J connectivity index is 1.69. The van der Waals surface area contributed by atoms with E-state index in [2.05, 4.69) is 30.0 Å². The van der Waals surface area contributed by atoms with E-state index in [1.165, 1.54) is 0 Å². The molecule has 0 saturated heterocycles. The topological polar surface area (TPSA) is 46.6 Å². The third-order valence-corrected chi connectivity index (χ3v) is 5.29. The standard InChI is InChI=1S/C26H23NO3/c1-16-13-20(27(3)4)11-9-18(16)10-12-21-15-19(14-17(2)30-21)24-25(28)22-7-5-6-8-23(22)26(24)29/h5-15H,1-4H3/b12-10+. The normalized spacial score (nSPS) is 15.9. The molecule has 150 valence electrons. The first-order valence-corrected chi connectivity index (χ1v) is 9.82. The second kappa shape index (κ2) is 7.64. The Labute approximate surface area is 176 Å². The summed E-state index contributed by atoms with van der Waals surface area (Å²) in [7, 11) is 4.03. The number of ketones is 2. The largest absolute Gasteiger partial charge is 0.462 e. The average Bonchev–Trinajstić information content (AvgIpc) is 2.97. The van der Waals surface area contributed by atoms with Gasteiger partial charge in [-0.05, 0) is 60.9 Å². The summed E-state index contributed by atoms with van der Waals surface area (Å²) in [5.74, 6) is 0.763. The molecule has 1 aliphatic heterocycles. The second-order valence-corrected chi connectivity index (χ2v) is 7.71. The lowest BCUT2D eigenvalue weighted by Crippen LogP contribution is -2.08. The van der Waals surface area contributed by atoms with Crippen molar-refractivity contribution in [3.05, 3.63) is 106 Å². The minimum absolute atomic E-state index is 0.205. The number of ether oxygens (including phenoxy) is 1. The van der Waals surface area contributed by atoms with Crippen LogP contribution in [0.2, 0.25) is 0 Å². The third-order valence-electron chi connectivity index (χ3n) is 5.29. The van der Waals surface area contributed by atoms with Crippen LogP contribution in [-0.4, -0.2) is 25.7 Å². The molecule has 2 aromatic rings. The van der Waals surface area contributed by atoms with E-state index < -0.39 is 0 Å². The number of fused-ring (bicyclic) bond motifs is 1. The summed E-state index contributed by atoms with van der Waals surface area (Å²) in [5, 5.41) is 0. The number of Topliss-reactive ketones (excluding diaryl/α,β-unsaturated/α-hetero) is 2. The summed E-state index contributed by atoms with van der Waals surface area (Å²) in [4.78, 5) is 27.7. The number of aryl methyl sites for hydroxylation is 1. The van der Waals surface area contributed by atoms with Gasteiger partial charge < -0.3 is 9.64 Å². The van der Waals surface area contributed by atoms with Gasteiger partial charge in [-0.3, -0.25) is 9.59 Å². The number of rotatable bonds is 3. The van der Waals surface area contributed by atoms with Gasteiger partial charge in [0.25, 0.3) is 0 Å². The van der Waals surface area contributed by atoms with E-state index in [1.54, 1.807) is 36.4 Å². The molecule has 0 bridgehead atoms. The molecular weight excluding hydrogens is 374 g/mol. The molecule has 2 aliphatic rings. The number of carbonyl (C=O) groups is 2. The Hall–Kier alpha value is -3.66. The van der Waals surface area contributed by atoms with Gasteiger partial charge in [0.1, 0.15) is 11.5 Å². The molecule has 0 unspecified atom stereocenters. The molecule has 4 heteroatoms.